The molecule has 4 nitrogen and oxygen atoms in total. The Balaban J connectivity index is 2.03. The Bertz CT molecular complexity index is 535. The molecule has 0 amide bonds. The number of hydrogen-bond donors (Lipinski definition) is 2. The predicted molar refractivity (Wildman–Crippen MR) is 68.5 cm³/mol. The molecule has 0 atom stereocenters. The first-order valence-electron chi connectivity index (χ1n) is 5.88. The molecule has 88 valence electrons. The molecule has 0 unspecified atom stereocenters. The van der Waals surface area contributed by atoms with E-state index in [0.29, 0.717) is 5.75 Å². The Kier molecular flexibility index (Phi) is 2.57. The molecule has 3 rings (SSSR count). The molecule has 4 heteroatoms. The summed E-state index contributed by atoms with van der Waals surface area (Å²) in [5, 5.41) is 14.0. The number of rotatable bonds is 1. The maximum atomic E-state index is 9.82. The molecular weight excluding hydrogens is 214 g/mol. The van der Waals surface area contributed by atoms with Gasteiger partial charge in [0.25, 0.3) is 0 Å². The van der Waals surface area contributed by atoms with Crippen LogP contribution in [-0.2, 0) is 0 Å². The average Bonchev–Trinajstić information content (AvgIpc) is 2.40. The van der Waals surface area contributed by atoms with Crippen molar-refractivity contribution in [1.29, 1.82) is 0 Å². The van der Waals surface area contributed by atoms with Crippen LogP contribution >= 0.6 is 0 Å². The number of benzene rings is 1. The van der Waals surface area contributed by atoms with E-state index in [-0.39, 0.29) is 0 Å². The molecule has 2 N–H and O–H groups in total. The second-order valence-electron chi connectivity index (χ2n) is 4.27. The van der Waals surface area contributed by atoms with Gasteiger partial charge in [-0.05, 0) is 18.2 Å². The van der Waals surface area contributed by atoms with E-state index in [1.807, 2.05) is 24.4 Å². The highest BCUT2D eigenvalue weighted by molar-refractivity contribution is 5.87. The van der Waals surface area contributed by atoms with Gasteiger partial charge in [-0.3, -0.25) is 4.98 Å². The Hall–Kier alpha value is -1.81. The van der Waals surface area contributed by atoms with Crippen LogP contribution < -0.4 is 10.2 Å². The molecule has 0 spiro atoms. The monoisotopic (exact) mass is 229 g/mol. The van der Waals surface area contributed by atoms with Gasteiger partial charge in [-0.2, -0.15) is 0 Å². The van der Waals surface area contributed by atoms with Gasteiger partial charge in [-0.25, -0.2) is 0 Å². The van der Waals surface area contributed by atoms with Gasteiger partial charge < -0.3 is 15.3 Å². The minimum absolute atomic E-state index is 0.298. The molecule has 0 aliphatic carbocycles. The lowest BCUT2D eigenvalue weighted by Gasteiger charge is -2.29. The number of phenolic OH excluding ortho intramolecular Hbond substituents is 1. The first kappa shape index (κ1) is 10.4. The van der Waals surface area contributed by atoms with E-state index in [2.05, 4.69) is 15.2 Å². The lowest BCUT2D eigenvalue weighted by Crippen LogP contribution is -2.43. The molecule has 1 aliphatic rings. The summed E-state index contributed by atoms with van der Waals surface area (Å²) in [6.07, 6.45) is 1.88. The van der Waals surface area contributed by atoms with E-state index in [1.165, 1.54) is 0 Å². The van der Waals surface area contributed by atoms with Crippen molar-refractivity contribution in [1.82, 2.24) is 10.3 Å². The topological polar surface area (TPSA) is 48.4 Å². The van der Waals surface area contributed by atoms with Crippen molar-refractivity contribution in [3.8, 4) is 5.75 Å². The van der Waals surface area contributed by atoms with Gasteiger partial charge in [0, 0.05) is 31.6 Å². The third-order valence-electron chi connectivity index (χ3n) is 3.17. The summed E-state index contributed by atoms with van der Waals surface area (Å²) in [7, 11) is 0. The van der Waals surface area contributed by atoms with Crippen molar-refractivity contribution in [2.24, 2.45) is 0 Å². The van der Waals surface area contributed by atoms with E-state index >= 15 is 0 Å². The highest BCUT2D eigenvalue weighted by atomic mass is 16.3. The predicted octanol–water partition coefficient (Wildman–Crippen LogP) is 1.35. The summed E-state index contributed by atoms with van der Waals surface area (Å²) in [5.74, 6) is 0.298. The lowest BCUT2D eigenvalue weighted by molar-refractivity contribution is 0.481. The zero-order valence-electron chi connectivity index (χ0n) is 9.56. The summed E-state index contributed by atoms with van der Waals surface area (Å²) in [6, 6.07) is 7.44. The minimum Gasteiger partial charge on any atom is -0.507 e. The zero-order chi connectivity index (χ0) is 11.7. The van der Waals surface area contributed by atoms with E-state index in [9.17, 15) is 5.11 Å². The maximum absolute atomic E-state index is 9.82. The van der Waals surface area contributed by atoms with Crippen molar-refractivity contribution in [3.63, 3.8) is 0 Å². The van der Waals surface area contributed by atoms with Gasteiger partial charge in [0.1, 0.15) is 5.75 Å². The van der Waals surface area contributed by atoms with Crippen molar-refractivity contribution in [2.75, 3.05) is 31.1 Å². The zero-order valence-corrected chi connectivity index (χ0v) is 9.56. The van der Waals surface area contributed by atoms with E-state index in [1.54, 1.807) is 6.07 Å². The van der Waals surface area contributed by atoms with Gasteiger partial charge in [-0.15, -0.1) is 0 Å². The number of piperazine rings is 1. The molecule has 1 fully saturated rings. The van der Waals surface area contributed by atoms with Crippen molar-refractivity contribution >= 4 is 16.6 Å². The van der Waals surface area contributed by atoms with Crippen LogP contribution in [0.15, 0.2) is 30.5 Å². The standard InChI is InChI=1S/C13H15N3O/c17-13-3-1-2-12-11(13)8-10(9-15-12)16-6-4-14-5-7-16/h1-3,8-9,14,17H,4-7H2. The first-order chi connectivity index (χ1) is 8.34. The Labute approximate surface area is 99.9 Å². The number of pyridine rings is 1. The highest BCUT2D eigenvalue weighted by Crippen LogP contribution is 2.26. The summed E-state index contributed by atoms with van der Waals surface area (Å²) < 4.78 is 0. The van der Waals surface area contributed by atoms with Crippen molar-refractivity contribution < 1.29 is 5.11 Å². The van der Waals surface area contributed by atoms with Crippen molar-refractivity contribution in [3.05, 3.63) is 30.5 Å². The van der Waals surface area contributed by atoms with E-state index in [4.69, 9.17) is 0 Å². The van der Waals surface area contributed by atoms with Gasteiger partial charge in [0.15, 0.2) is 0 Å². The summed E-state index contributed by atoms with van der Waals surface area (Å²) >= 11 is 0. The van der Waals surface area contributed by atoms with Crippen LogP contribution in [0.25, 0.3) is 10.9 Å². The minimum atomic E-state index is 0.298. The first-order valence-corrected chi connectivity index (χ1v) is 5.88. The average molecular weight is 229 g/mol. The summed E-state index contributed by atoms with van der Waals surface area (Å²) in [5.41, 5.74) is 1.92. The van der Waals surface area contributed by atoms with Crippen LogP contribution in [0.2, 0.25) is 0 Å². The number of anilines is 1. The van der Waals surface area contributed by atoms with E-state index < -0.39 is 0 Å². The SMILES string of the molecule is Oc1cccc2ncc(N3CCNCC3)cc12. The lowest BCUT2D eigenvalue weighted by atomic mass is 10.2. The third-order valence-corrected chi connectivity index (χ3v) is 3.17. The molecular formula is C13H15N3O. The van der Waals surface area contributed by atoms with Crippen LogP contribution in [0.1, 0.15) is 0 Å². The van der Waals surface area contributed by atoms with Crippen LogP contribution in [0.4, 0.5) is 5.69 Å². The molecule has 1 aromatic heterocycles. The fourth-order valence-corrected chi connectivity index (χ4v) is 2.22. The molecule has 0 saturated carbocycles. The second-order valence-corrected chi connectivity index (χ2v) is 4.27. The number of aromatic hydroxyl groups is 1. The molecule has 1 saturated heterocycles. The van der Waals surface area contributed by atoms with Crippen LogP contribution in [0, 0.1) is 0 Å². The molecule has 2 aromatic rings. The fourth-order valence-electron chi connectivity index (χ4n) is 2.22. The van der Waals surface area contributed by atoms with E-state index in [0.717, 1.165) is 42.8 Å². The normalized spacial score (nSPS) is 16.4. The van der Waals surface area contributed by atoms with Crippen LogP contribution in [0.3, 0.4) is 0 Å². The van der Waals surface area contributed by atoms with Crippen molar-refractivity contribution in [2.45, 2.75) is 0 Å². The molecule has 2 heterocycles. The summed E-state index contributed by atoms with van der Waals surface area (Å²) in [4.78, 5) is 6.68. The maximum Gasteiger partial charge on any atom is 0.125 e. The second kappa shape index (κ2) is 4.22. The number of aromatic nitrogens is 1. The number of fused-ring (bicyclic) bond motifs is 1. The molecule has 1 aromatic carbocycles. The highest BCUT2D eigenvalue weighted by Gasteiger charge is 2.11. The van der Waals surface area contributed by atoms with Gasteiger partial charge >= 0.3 is 0 Å². The number of hydrogen-bond acceptors (Lipinski definition) is 4. The molecule has 17 heavy (non-hydrogen) atoms. The number of nitrogens with zero attached hydrogens (tertiary/aromatic N) is 2. The summed E-state index contributed by atoms with van der Waals surface area (Å²) in [6.45, 7) is 3.97. The Morgan fingerprint density at radius 3 is 2.88 bits per heavy atom. The molecule has 1 aliphatic heterocycles. The Morgan fingerprint density at radius 2 is 2.06 bits per heavy atom. The van der Waals surface area contributed by atoms with Crippen LogP contribution in [0.5, 0.6) is 5.75 Å². The largest absolute Gasteiger partial charge is 0.507 e. The molecule has 0 radical (unpaired) electrons. The van der Waals surface area contributed by atoms with Crippen LogP contribution in [-0.4, -0.2) is 36.3 Å². The third kappa shape index (κ3) is 1.91. The number of phenols is 1. The van der Waals surface area contributed by atoms with Gasteiger partial charge in [0.2, 0.25) is 0 Å². The fraction of sp³-hybridized carbons (Fsp3) is 0.308. The Morgan fingerprint density at radius 1 is 1.24 bits per heavy atom. The van der Waals surface area contributed by atoms with Gasteiger partial charge in [-0.1, -0.05) is 6.07 Å². The molecule has 0 bridgehead atoms. The van der Waals surface area contributed by atoms with Gasteiger partial charge in [0.05, 0.1) is 17.4 Å². The number of nitrogens with one attached hydrogen (secondary N) is 1. The quantitative estimate of drug-likeness (QED) is 0.775. The smallest absolute Gasteiger partial charge is 0.125 e.